The van der Waals surface area contributed by atoms with Gasteiger partial charge in [-0.25, -0.2) is 4.63 Å². The molecule has 0 saturated carbocycles. The van der Waals surface area contributed by atoms with E-state index in [-0.39, 0.29) is 23.0 Å². The van der Waals surface area contributed by atoms with Crippen LogP contribution in [0.2, 0.25) is 0 Å². The largest absolute Gasteiger partial charge is 0.491 e. The van der Waals surface area contributed by atoms with E-state index in [1.165, 1.54) is 0 Å². The van der Waals surface area contributed by atoms with Gasteiger partial charge in [-0.2, -0.15) is 9.97 Å². The molecular weight excluding hydrogens is 294 g/mol. The maximum absolute atomic E-state index is 10.3. The number of aromatic nitrogens is 4. The molecule has 1 N–H and O–H groups in total. The summed E-state index contributed by atoms with van der Waals surface area (Å²) in [5, 5.41) is 17.6. The van der Waals surface area contributed by atoms with E-state index < -0.39 is 0 Å². The van der Waals surface area contributed by atoms with E-state index in [2.05, 4.69) is 24.9 Å². The number of anilines is 3. The monoisotopic (exact) mass is 305 g/mol. The average molecular weight is 305 g/mol. The van der Waals surface area contributed by atoms with Crippen LogP contribution in [0.15, 0.2) is 65.3 Å². The van der Waals surface area contributed by atoms with Crippen molar-refractivity contribution in [3.63, 3.8) is 0 Å². The number of benzene rings is 2. The van der Waals surface area contributed by atoms with Gasteiger partial charge in [-0.1, -0.05) is 36.4 Å². The first-order valence-corrected chi connectivity index (χ1v) is 6.92. The smallest absolute Gasteiger partial charge is 0.258 e. The maximum Gasteiger partial charge on any atom is 0.258 e. The highest BCUT2D eigenvalue weighted by Crippen LogP contribution is 2.37. The minimum atomic E-state index is -0.249. The van der Waals surface area contributed by atoms with Crippen LogP contribution in [0.4, 0.5) is 17.2 Å². The molecule has 0 radical (unpaired) electrons. The quantitative estimate of drug-likeness (QED) is 0.621. The first-order chi connectivity index (χ1) is 11.3. The van der Waals surface area contributed by atoms with Crippen LogP contribution in [-0.4, -0.2) is 25.4 Å². The molecule has 0 saturated heterocycles. The molecule has 4 aromatic rings. The van der Waals surface area contributed by atoms with Crippen molar-refractivity contribution in [3.05, 3.63) is 60.7 Å². The molecule has 0 amide bonds. The summed E-state index contributed by atoms with van der Waals surface area (Å²) in [6.45, 7) is 0. The van der Waals surface area contributed by atoms with Gasteiger partial charge in [0.05, 0.1) is 0 Å². The summed E-state index contributed by atoms with van der Waals surface area (Å²) in [5.74, 6) is 0.00602. The Morgan fingerprint density at radius 1 is 0.739 bits per heavy atom. The van der Waals surface area contributed by atoms with Crippen LogP contribution in [0.1, 0.15) is 0 Å². The normalized spacial score (nSPS) is 10.8. The Hall–Kier alpha value is -3.48. The van der Waals surface area contributed by atoms with Crippen molar-refractivity contribution < 1.29 is 9.74 Å². The molecule has 23 heavy (non-hydrogen) atoms. The van der Waals surface area contributed by atoms with Crippen LogP contribution in [-0.2, 0) is 0 Å². The van der Waals surface area contributed by atoms with Gasteiger partial charge in [0.2, 0.25) is 17.1 Å². The van der Waals surface area contributed by atoms with E-state index in [0.29, 0.717) is 0 Å². The van der Waals surface area contributed by atoms with E-state index in [4.69, 9.17) is 0 Å². The predicted molar refractivity (Wildman–Crippen MR) is 83.7 cm³/mol. The van der Waals surface area contributed by atoms with Gasteiger partial charge < -0.3 is 5.11 Å². The van der Waals surface area contributed by atoms with Crippen molar-refractivity contribution in [2.45, 2.75) is 0 Å². The van der Waals surface area contributed by atoms with E-state index in [1.54, 1.807) is 4.90 Å². The number of fused-ring (bicyclic) bond motifs is 1. The molecule has 4 rings (SSSR count). The molecule has 0 aliphatic heterocycles. The minimum Gasteiger partial charge on any atom is -0.491 e. The molecular formula is C16H11N5O2. The summed E-state index contributed by atoms with van der Waals surface area (Å²) in [5.41, 5.74) is 2.06. The highest BCUT2D eigenvalue weighted by atomic mass is 16.6. The lowest BCUT2D eigenvalue weighted by atomic mass is 10.2. The molecule has 0 aliphatic carbocycles. The van der Waals surface area contributed by atoms with E-state index in [9.17, 15) is 5.11 Å². The Balaban J connectivity index is 1.95. The maximum atomic E-state index is 10.3. The van der Waals surface area contributed by atoms with E-state index in [0.717, 1.165) is 11.4 Å². The van der Waals surface area contributed by atoms with Crippen LogP contribution in [0.25, 0.3) is 11.3 Å². The fourth-order valence-corrected chi connectivity index (χ4v) is 2.32. The minimum absolute atomic E-state index is 0.160. The first-order valence-electron chi connectivity index (χ1n) is 6.92. The number of hydrogen-bond acceptors (Lipinski definition) is 7. The molecule has 0 spiro atoms. The third-order valence-corrected chi connectivity index (χ3v) is 3.32. The molecule has 0 aliphatic rings. The summed E-state index contributed by atoms with van der Waals surface area (Å²) in [6.07, 6.45) is 0. The van der Waals surface area contributed by atoms with Crippen molar-refractivity contribution in [2.75, 3.05) is 4.90 Å². The molecule has 0 bridgehead atoms. The third kappa shape index (κ3) is 2.34. The number of aromatic hydroxyl groups is 1. The van der Waals surface area contributed by atoms with Gasteiger partial charge in [0.1, 0.15) is 0 Å². The van der Waals surface area contributed by atoms with E-state index in [1.807, 2.05) is 60.7 Å². The van der Waals surface area contributed by atoms with E-state index >= 15 is 0 Å². The van der Waals surface area contributed by atoms with Crippen molar-refractivity contribution >= 4 is 28.5 Å². The fraction of sp³-hybridized carbons (Fsp3) is 0. The Kier molecular flexibility index (Phi) is 3.09. The van der Waals surface area contributed by atoms with Crippen molar-refractivity contribution in [1.82, 2.24) is 20.3 Å². The summed E-state index contributed by atoms with van der Waals surface area (Å²) < 4.78 is 4.61. The molecule has 7 heteroatoms. The number of rotatable bonds is 3. The molecule has 0 atom stereocenters. The number of para-hydroxylation sites is 2. The predicted octanol–water partition coefficient (Wildman–Crippen LogP) is 3.19. The van der Waals surface area contributed by atoms with Gasteiger partial charge >= 0.3 is 0 Å². The zero-order chi connectivity index (χ0) is 15.6. The van der Waals surface area contributed by atoms with Gasteiger partial charge in [0, 0.05) is 11.4 Å². The van der Waals surface area contributed by atoms with Gasteiger partial charge in [0.25, 0.3) is 5.88 Å². The zero-order valence-corrected chi connectivity index (χ0v) is 11.9. The molecule has 112 valence electrons. The summed E-state index contributed by atoms with van der Waals surface area (Å²) in [7, 11) is 0. The molecule has 0 fully saturated rings. The van der Waals surface area contributed by atoms with Crippen LogP contribution < -0.4 is 4.90 Å². The topological polar surface area (TPSA) is 88.2 Å². The Morgan fingerprint density at radius 3 is 1.83 bits per heavy atom. The zero-order valence-electron chi connectivity index (χ0n) is 11.9. The van der Waals surface area contributed by atoms with Gasteiger partial charge in [-0.05, 0) is 34.6 Å². The van der Waals surface area contributed by atoms with Crippen LogP contribution in [0.3, 0.4) is 0 Å². The standard InChI is InChI=1S/C16H11N5O2/c22-16-15(17-13-14(18-16)20-23-19-13)21(11-7-3-1-4-8-11)12-9-5-2-6-10-12/h1-10H,(H,18,20,22). The second kappa shape index (κ2) is 5.38. The lowest BCUT2D eigenvalue weighted by Gasteiger charge is -2.23. The first kappa shape index (κ1) is 13.2. The lowest BCUT2D eigenvalue weighted by molar-refractivity contribution is 0.314. The van der Waals surface area contributed by atoms with Crippen molar-refractivity contribution in [2.24, 2.45) is 0 Å². The highest BCUT2D eigenvalue weighted by Gasteiger charge is 2.20. The van der Waals surface area contributed by atoms with Crippen LogP contribution >= 0.6 is 0 Å². The molecule has 2 aromatic carbocycles. The van der Waals surface area contributed by atoms with Gasteiger partial charge in [0.15, 0.2) is 0 Å². The molecule has 2 aromatic heterocycles. The third-order valence-electron chi connectivity index (χ3n) is 3.32. The van der Waals surface area contributed by atoms with Crippen LogP contribution in [0.5, 0.6) is 5.88 Å². The summed E-state index contributed by atoms with van der Waals surface area (Å²) in [6, 6.07) is 19.1. The van der Waals surface area contributed by atoms with Crippen molar-refractivity contribution in [1.29, 1.82) is 0 Å². The Bertz CT molecular complexity index is 901. The highest BCUT2D eigenvalue weighted by molar-refractivity contribution is 5.79. The van der Waals surface area contributed by atoms with Crippen LogP contribution in [0, 0.1) is 0 Å². The van der Waals surface area contributed by atoms with Crippen molar-refractivity contribution in [3.8, 4) is 5.88 Å². The number of nitrogens with zero attached hydrogens (tertiary/aromatic N) is 5. The Morgan fingerprint density at radius 2 is 1.26 bits per heavy atom. The van der Waals surface area contributed by atoms with Gasteiger partial charge in [-0.15, -0.1) is 0 Å². The summed E-state index contributed by atoms with van der Waals surface area (Å²) >= 11 is 0. The second-order valence-corrected chi connectivity index (χ2v) is 4.79. The number of hydrogen-bond donors (Lipinski definition) is 1. The summed E-state index contributed by atoms with van der Waals surface area (Å²) in [4.78, 5) is 10.1. The average Bonchev–Trinajstić information content (AvgIpc) is 3.04. The van der Waals surface area contributed by atoms with Gasteiger partial charge in [-0.3, -0.25) is 4.90 Å². The molecule has 0 unspecified atom stereocenters. The Labute approximate surface area is 130 Å². The SMILES string of the molecule is Oc1nc2nonc2nc1N(c1ccccc1)c1ccccc1. The lowest BCUT2D eigenvalue weighted by Crippen LogP contribution is -2.12. The molecule has 2 heterocycles. The fourth-order valence-electron chi connectivity index (χ4n) is 2.32. The molecule has 7 nitrogen and oxygen atoms in total. The second-order valence-electron chi connectivity index (χ2n) is 4.79.